The average Bonchev–Trinajstić information content (AvgIpc) is 2.24. The Morgan fingerprint density at radius 2 is 1.95 bits per heavy atom. The Morgan fingerprint density at radius 3 is 2.37 bits per heavy atom. The molecule has 108 valence electrons. The summed E-state index contributed by atoms with van der Waals surface area (Å²) in [5, 5.41) is 29.7. The molecule has 3 N–H and O–H groups in total. The number of aliphatic hydroxyl groups is 3. The van der Waals surface area contributed by atoms with Crippen molar-refractivity contribution >= 4 is 5.78 Å². The molecule has 1 aliphatic rings. The zero-order valence-electron chi connectivity index (χ0n) is 12.1. The van der Waals surface area contributed by atoms with Crippen molar-refractivity contribution in [1.82, 2.24) is 0 Å². The number of carbonyl (C=O) groups excluding carboxylic acids is 1. The Balaban J connectivity index is 2.82. The van der Waals surface area contributed by atoms with Crippen molar-refractivity contribution in [2.45, 2.75) is 57.3 Å². The minimum absolute atomic E-state index is 0.327. The van der Waals surface area contributed by atoms with Gasteiger partial charge in [0, 0.05) is 5.92 Å². The molecule has 0 aromatic heterocycles. The van der Waals surface area contributed by atoms with Gasteiger partial charge in [-0.05, 0) is 46.6 Å². The molecule has 1 rings (SSSR count). The van der Waals surface area contributed by atoms with E-state index >= 15 is 0 Å². The topological polar surface area (TPSA) is 77.8 Å². The molecule has 4 nitrogen and oxygen atoms in total. The van der Waals surface area contributed by atoms with Gasteiger partial charge in [0.15, 0.2) is 5.78 Å². The van der Waals surface area contributed by atoms with Crippen LogP contribution in [-0.2, 0) is 4.79 Å². The molecule has 3 atom stereocenters. The molecular formula is C15H24O4. The first-order valence-electron chi connectivity index (χ1n) is 6.54. The van der Waals surface area contributed by atoms with Gasteiger partial charge in [-0.1, -0.05) is 18.2 Å². The Kier molecular flexibility index (Phi) is 4.40. The second-order valence-electron chi connectivity index (χ2n) is 6.36. The van der Waals surface area contributed by atoms with Crippen LogP contribution in [0.4, 0.5) is 0 Å². The van der Waals surface area contributed by atoms with Crippen molar-refractivity contribution in [2.75, 3.05) is 0 Å². The summed E-state index contributed by atoms with van der Waals surface area (Å²) < 4.78 is 0. The molecule has 0 bridgehead atoms. The van der Waals surface area contributed by atoms with E-state index in [2.05, 4.69) is 0 Å². The fourth-order valence-electron chi connectivity index (χ4n) is 2.05. The second kappa shape index (κ2) is 5.19. The van der Waals surface area contributed by atoms with E-state index in [0.717, 1.165) is 0 Å². The fourth-order valence-corrected chi connectivity index (χ4v) is 2.05. The first kappa shape index (κ1) is 16.1. The van der Waals surface area contributed by atoms with Gasteiger partial charge in [0.05, 0.1) is 11.2 Å². The van der Waals surface area contributed by atoms with Gasteiger partial charge in [0.1, 0.15) is 5.60 Å². The molecule has 0 radical (unpaired) electrons. The highest BCUT2D eigenvalue weighted by Gasteiger charge is 2.39. The van der Waals surface area contributed by atoms with E-state index < -0.39 is 22.6 Å². The third kappa shape index (κ3) is 4.56. The molecule has 19 heavy (non-hydrogen) atoms. The molecule has 0 saturated heterocycles. The van der Waals surface area contributed by atoms with Crippen molar-refractivity contribution in [3.8, 4) is 0 Å². The van der Waals surface area contributed by atoms with Crippen LogP contribution in [0.2, 0.25) is 0 Å². The maximum Gasteiger partial charge on any atom is 0.187 e. The van der Waals surface area contributed by atoms with Crippen molar-refractivity contribution in [2.24, 2.45) is 5.92 Å². The Morgan fingerprint density at radius 1 is 1.37 bits per heavy atom. The van der Waals surface area contributed by atoms with Crippen LogP contribution in [0.5, 0.6) is 0 Å². The van der Waals surface area contributed by atoms with Crippen LogP contribution in [0, 0.1) is 5.92 Å². The Bertz CT molecular complexity index is 397. The highest BCUT2D eigenvalue weighted by Crippen LogP contribution is 2.33. The van der Waals surface area contributed by atoms with Crippen LogP contribution in [0.25, 0.3) is 0 Å². The lowest BCUT2D eigenvalue weighted by atomic mass is 9.76. The summed E-state index contributed by atoms with van der Waals surface area (Å²) in [6.45, 7) is 6.29. The zero-order valence-corrected chi connectivity index (χ0v) is 12.1. The molecular weight excluding hydrogens is 244 g/mol. The van der Waals surface area contributed by atoms with Crippen LogP contribution >= 0.6 is 0 Å². The summed E-state index contributed by atoms with van der Waals surface area (Å²) in [7, 11) is 0. The molecule has 0 fully saturated rings. The number of hydrogen-bond acceptors (Lipinski definition) is 4. The summed E-state index contributed by atoms with van der Waals surface area (Å²) in [5.41, 5.74) is -3.47. The second-order valence-corrected chi connectivity index (χ2v) is 6.36. The van der Waals surface area contributed by atoms with Crippen molar-refractivity contribution in [3.63, 3.8) is 0 Å². The first-order valence-corrected chi connectivity index (χ1v) is 6.54. The molecule has 0 amide bonds. The molecule has 0 aliphatic heterocycles. The van der Waals surface area contributed by atoms with Crippen LogP contribution in [-0.4, -0.2) is 37.9 Å². The van der Waals surface area contributed by atoms with E-state index in [1.165, 1.54) is 19.1 Å². The predicted octanol–water partition coefficient (Wildman–Crippen LogP) is 1.35. The van der Waals surface area contributed by atoms with Crippen LogP contribution in [0.3, 0.4) is 0 Å². The lowest BCUT2D eigenvalue weighted by molar-refractivity contribution is -0.135. The van der Waals surface area contributed by atoms with Crippen molar-refractivity contribution < 1.29 is 20.1 Å². The highest BCUT2D eigenvalue weighted by atomic mass is 16.3. The molecule has 0 aromatic rings. The normalized spacial score (nSPS) is 31.4. The van der Waals surface area contributed by atoms with E-state index in [1.807, 2.05) is 0 Å². The van der Waals surface area contributed by atoms with Gasteiger partial charge in [-0.25, -0.2) is 0 Å². The summed E-state index contributed by atoms with van der Waals surface area (Å²) in [5.74, 6) is -0.766. The molecule has 0 heterocycles. The summed E-state index contributed by atoms with van der Waals surface area (Å²) in [4.78, 5) is 12.0. The molecule has 0 aromatic carbocycles. The van der Waals surface area contributed by atoms with E-state index in [0.29, 0.717) is 12.8 Å². The number of rotatable bonds is 4. The molecule has 1 aliphatic carbocycles. The minimum atomic E-state index is -1.52. The Hall–Kier alpha value is -0.970. The Labute approximate surface area is 114 Å². The van der Waals surface area contributed by atoms with E-state index in [9.17, 15) is 20.1 Å². The largest absolute Gasteiger partial charge is 0.386 e. The predicted molar refractivity (Wildman–Crippen MR) is 73.6 cm³/mol. The maximum absolute atomic E-state index is 12.0. The van der Waals surface area contributed by atoms with Gasteiger partial charge in [0.25, 0.3) is 0 Å². The maximum atomic E-state index is 12.0. The van der Waals surface area contributed by atoms with Crippen LogP contribution < -0.4 is 0 Å². The number of ketones is 1. The SMILES string of the molecule is CC(C)(O)/C=C/C(=O)C(C)(O)C1C=CC(C)(O)CC1. The van der Waals surface area contributed by atoms with Gasteiger partial charge in [-0.15, -0.1) is 0 Å². The van der Waals surface area contributed by atoms with Crippen molar-refractivity contribution in [3.05, 3.63) is 24.3 Å². The van der Waals surface area contributed by atoms with Crippen LogP contribution in [0.15, 0.2) is 24.3 Å². The van der Waals surface area contributed by atoms with Gasteiger partial charge in [-0.3, -0.25) is 4.79 Å². The number of carbonyl (C=O) groups is 1. The molecule has 3 unspecified atom stereocenters. The third-order valence-electron chi connectivity index (χ3n) is 3.51. The zero-order chi connectivity index (χ0) is 14.9. The van der Waals surface area contributed by atoms with E-state index in [4.69, 9.17) is 0 Å². The quantitative estimate of drug-likeness (QED) is 0.531. The van der Waals surface area contributed by atoms with Crippen molar-refractivity contribution in [1.29, 1.82) is 0 Å². The van der Waals surface area contributed by atoms with Gasteiger partial charge in [-0.2, -0.15) is 0 Å². The molecule has 4 heteroatoms. The summed E-state index contributed by atoms with van der Waals surface area (Å²) in [6.07, 6.45) is 6.96. The van der Waals surface area contributed by atoms with Gasteiger partial charge < -0.3 is 15.3 Å². The number of hydrogen-bond donors (Lipinski definition) is 3. The molecule has 0 spiro atoms. The lowest BCUT2D eigenvalue weighted by Crippen LogP contribution is -2.44. The minimum Gasteiger partial charge on any atom is -0.386 e. The standard InChI is InChI=1S/C15H24O4/c1-13(2,17)8-7-12(16)15(4,19)11-5-9-14(3,18)10-6-11/h5,7-9,11,17-19H,6,10H2,1-4H3/b8-7+. The smallest absolute Gasteiger partial charge is 0.187 e. The lowest BCUT2D eigenvalue weighted by Gasteiger charge is -2.34. The van der Waals surface area contributed by atoms with Gasteiger partial charge in [0.2, 0.25) is 0 Å². The highest BCUT2D eigenvalue weighted by molar-refractivity contribution is 5.97. The van der Waals surface area contributed by atoms with E-state index in [1.54, 1.807) is 32.9 Å². The van der Waals surface area contributed by atoms with Crippen LogP contribution in [0.1, 0.15) is 40.5 Å². The van der Waals surface area contributed by atoms with E-state index in [-0.39, 0.29) is 5.92 Å². The summed E-state index contributed by atoms with van der Waals surface area (Å²) >= 11 is 0. The summed E-state index contributed by atoms with van der Waals surface area (Å²) in [6, 6.07) is 0. The third-order valence-corrected chi connectivity index (χ3v) is 3.51. The fraction of sp³-hybridized carbons (Fsp3) is 0.667. The monoisotopic (exact) mass is 268 g/mol. The average molecular weight is 268 g/mol. The molecule has 0 saturated carbocycles. The first-order chi connectivity index (χ1) is 8.44. The van der Waals surface area contributed by atoms with Gasteiger partial charge >= 0.3 is 0 Å².